The monoisotopic (exact) mass is 445 g/mol. The van der Waals surface area contributed by atoms with Gasteiger partial charge in [0.2, 0.25) is 0 Å². The van der Waals surface area contributed by atoms with Crippen molar-refractivity contribution >= 4 is 17.2 Å². The Morgan fingerprint density at radius 3 is 2.66 bits per heavy atom. The lowest BCUT2D eigenvalue weighted by atomic mass is 10.0. The zero-order valence-corrected chi connectivity index (χ0v) is 16.7. The Morgan fingerprint density at radius 1 is 1.09 bits per heavy atom. The molecule has 0 aromatic heterocycles. The molecule has 2 aliphatic rings. The normalized spacial score (nSPS) is 15.7. The van der Waals surface area contributed by atoms with Crippen molar-refractivity contribution in [3.63, 3.8) is 0 Å². The molecule has 0 fully saturated rings. The highest BCUT2D eigenvalue weighted by Gasteiger charge is 2.44. The van der Waals surface area contributed by atoms with E-state index in [-0.39, 0.29) is 6.61 Å². The van der Waals surface area contributed by atoms with Gasteiger partial charge in [-0.15, -0.1) is 0 Å². The lowest BCUT2D eigenvalue weighted by Crippen LogP contribution is -2.33. The number of nitrogens with one attached hydrogen (secondary N) is 1. The number of anilines is 1. The van der Waals surface area contributed by atoms with Crippen molar-refractivity contribution in [1.29, 1.82) is 0 Å². The van der Waals surface area contributed by atoms with Gasteiger partial charge in [-0.1, -0.05) is 36.4 Å². The number of aliphatic imine (C=N–C) groups is 1. The molecule has 0 aliphatic carbocycles. The van der Waals surface area contributed by atoms with Gasteiger partial charge in [-0.25, -0.2) is 4.99 Å². The van der Waals surface area contributed by atoms with E-state index in [0.717, 1.165) is 22.5 Å². The summed E-state index contributed by atoms with van der Waals surface area (Å²) >= 11 is 0. The van der Waals surface area contributed by atoms with E-state index < -0.39 is 18.3 Å². The fourth-order valence-electron chi connectivity index (χ4n) is 3.38. The first-order valence-corrected chi connectivity index (χ1v) is 9.74. The number of aliphatic hydroxyl groups excluding tert-OH is 1. The van der Waals surface area contributed by atoms with Crippen LogP contribution in [0, 0.1) is 0 Å². The van der Waals surface area contributed by atoms with Crippen LogP contribution in [-0.4, -0.2) is 28.4 Å². The van der Waals surface area contributed by atoms with E-state index in [1.165, 1.54) is 18.2 Å². The van der Waals surface area contributed by atoms with Crippen molar-refractivity contribution in [3.8, 4) is 5.75 Å². The minimum absolute atomic E-state index is 0.0725. The van der Waals surface area contributed by atoms with Gasteiger partial charge in [0.15, 0.2) is 5.84 Å². The number of allylic oxidation sites excluding steroid dienone is 2. The number of ether oxygens (including phenoxy) is 1. The Morgan fingerprint density at radius 2 is 1.88 bits per heavy atom. The fourth-order valence-corrected chi connectivity index (χ4v) is 3.38. The molecule has 0 unspecified atom stereocenters. The minimum atomic E-state index is -4.59. The topological polar surface area (TPSA) is 57.1 Å². The van der Waals surface area contributed by atoms with E-state index in [1.54, 1.807) is 18.5 Å². The van der Waals surface area contributed by atoms with Crippen LogP contribution in [0.25, 0.3) is 5.70 Å². The number of hydrogen-bond donors (Lipinski definition) is 2. The summed E-state index contributed by atoms with van der Waals surface area (Å²) in [5.41, 5.74) is 3.68. The second kappa shape index (κ2) is 8.88. The molecule has 0 saturated carbocycles. The van der Waals surface area contributed by atoms with E-state index in [0.29, 0.717) is 17.9 Å². The van der Waals surface area contributed by atoms with Crippen molar-refractivity contribution in [1.82, 2.24) is 4.90 Å². The molecule has 0 amide bonds. The first-order chi connectivity index (χ1) is 15.4. The molecule has 2 aromatic carbocycles. The molecular weight excluding hydrogens is 426 g/mol. The molecule has 5 nitrogen and oxygen atoms in total. The number of fused-ring (bicyclic) bond motifs is 1. The number of aliphatic hydroxyl groups is 1. The molecule has 166 valence electrons. The van der Waals surface area contributed by atoms with Crippen LogP contribution in [0.4, 0.5) is 23.2 Å². The second-order valence-corrected chi connectivity index (χ2v) is 7.04. The fraction of sp³-hybridized carbons (Fsp3) is 0.174. The Kier molecular flexibility index (Phi) is 6.00. The molecular formula is C23H19F4N3O2. The highest BCUT2D eigenvalue weighted by molar-refractivity contribution is 6.09. The molecule has 0 spiro atoms. The van der Waals surface area contributed by atoms with Crippen LogP contribution in [0.2, 0.25) is 0 Å². The van der Waals surface area contributed by atoms with Gasteiger partial charge in [-0.3, -0.25) is 0 Å². The van der Waals surface area contributed by atoms with Gasteiger partial charge in [0.05, 0.1) is 12.3 Å². The first-order valence-electron chi connectivity index (χ1n) is 9.74. The van der Waals surface area contributed by atoms with Crippen molar-refractivity contribution < 1.29 is 27.4 Å². The van der Waals surface area contributed by atoms with Crippen LogP contribution in [0.5, 0.6) is 5.75 Å². The molecule has 2 heterocycles. The summed E-state index contributed by atoms with van der Waals surface area (Å²) in [7, 11) is 0. The maximum Gasteiger partial charge on any atom is 0.461 e. The standard InChI is InChI=1S/C23H19F4N3O2/c24-22(25)23(26,27)32-18-7-2-6-17(13-18)29-21-20-9-3-8-19(30(20)11-10-28-21)16-5-1-4-15(12-16)14-31/h1-2,4-13,22,31H,3,14H2,(H,28,29). The molecule has 0 bridgehead atoms. The number of halogens is 4. The number of hydrogen-bond acceptors (Lipinski definition) is 5. The average Bonchev–Trinajstić information content (AvgIpc) is 2.79. The molecule has 4 rings (SSSR count). The summed E-state index contributed by atoms with van der Waals surface area (Å²) in [4.78, 5) is 6.26. The Hall–Kier alpha value is -3.59. The highest BCUT2D eigenvalue weighted by Crippen LogP contribution is 2.33. The van der Waals surface area contributed by atoms with Gasteiger partial charge in [0, 0.05) is 29.9 Å². The molecule has 0 saturated heterocycles. The molecule has 2 aromatic rings. The van der Waals surface area contributed by atoms with Crippen molar-refractivity contribution in [2.24, 2.45) is 4.99 Å². The zero-order chi connectivity index (χ0) is 22.7. The predicted octanol–water partition coefficient (Wildman–Crippen LogP) is 5.34. The van der Waals surface area contributed by atoms with Crippen molar-refractivity contribution in [2.45, 2.75) is 25.6 Å². The van der Waals surface area contributed by atoms with Gasteiger partial charge >= 0.3 is 12.5 Å². The van der Waals surface area contributed by atoms with Gasteiger partial charge in [-0.2, -0.15) is 17.6 Å². The number of alkyl halides is 4. The molecule has 0 atom stereocenters. The maximum absolute atomic E-state index is 13.2. The van der Waals surface area contributed by atoms with Gasteiger partial charge < -0.3 is 20.1 Å². The molecule has 2 N–H and O–H groups in total. The summed E-state index contributed by atoms with van der Waals surface area (Å²) in [6, 6.07) is 12.9. The van der Waals surface area contributed by atoms with Crippen LogP contribution in [0.15, 0.2) is 83.8 Å². The lowest BCUT2D eigenvalue weighted by molar-refractivity contribution is -0.253. The molecule has 32 heavy (non-hydrogen) atoms. The van der Waals surface area contributed by atoms with Crippen LogP contribution in [0.1, 0.15) is 17.5 Å². The number of rotatable bonds is 6. The van der Waals surface area contributed by atoms with Gasteiger partial charge in [-0.05, 0) is 35.7 Å². The Bertz CT molecular complexity index is 1130. The third kappa shape index (κ3) is 4.52. The van der Waals surface area contributed by atoms with Crippen molar-refractivity contribution in [2.75, 3.05) is 5.32 Å². The smallest absolute Gasteiger partial charge is 0.428 e. The third-order valence-electron chi connectivity index (χ3n) is 4.81. The van der Waals surface area contributed by atoms with Gasteiger partial charge in [0.25, 0.3) is 0 Å². The molecule has 9 heteroatoms. The van der Waals surface area contributed by atoms with E-state index in [1.807, 2.05) is 41.3 Å². The predicted molar refractivity (Wildman–Crippen MR) is 113 cm³/mol. The minimum Gasteiger partial charge on any atom is -0.428 e. The largest absolute Gasteiger partial charge is 0.461 e. The summed E-state index contributed by atoms with van der Waals surface area (Å²) in [6.07, 6.45) is -0.551. The quantitative estimate of drug-likeness (QED) is 0.590. The van der Waals surface area contributed by atoms with E-state index >= 15 is 0 Å². The number of amidine groups is 1. The van der Waals surface area contributed by atoms with Crippen LogP contribution in [0.3, 0.4) is 0 Å². The summed E-state index contributed by atoms with van der Waals surface area (Å²) in [6.45, 7) is -0.0725. The van der Waals surface area contributed by atoms with E-state index in [4.69, 9.17) is 0 Å². The SMILES string of the molecule is OCc1cccc(C2=CCC=C3C(Nc4cccc(OC(F)(F)C(F)F)c4)=NC=CN32)c1. The average molecular weight is 445 g/mol. The Balaban J connectivity index is 1.54. The van der Waals surface area contributed by atoms with E-state index in [2.05, 4.69) is 15.0 Å². The van der Waals surface area contributed by atoms with Crippen LogP contribution >= 0.6 is 0 Å². The zero-order valence-electron chi connectivity index (χ0n) is 16.7. The summed E-state index contributed by atoms with van der Waals surface area (Å²) in [5.74, 6) is 0.0531. The lowest BCUT2D eigenvalue weighted by Gasteiger charge is -2.32. The third-order valence-corrected chi connectivity index (χ3v) is 4.81. The van der Waals surface area contributed by atoms with Gasteiger partial charge in [0.1, 0.15) is 5.75 Å². The second-order valence-electron chi connectivity index (χ2n) is 7.04. The van der Waals surface area contributed by atoms with Crippen LogP contribution < -0.4 is 10.1 Å². The molecule has 2 aliphatic heterocycles. The Labute approximate surface area is 181 Å². The summed E-state index contributed by atoms with van der Waals surface area (Å²) < 4.78 is 55.5. The first kappa shape index (κ1) is 21.6. The summed E-state index contributed by atoms with van der Waals surface area (Å²) in [5, 5.41) is 12.5. The number of benzene rings is 2. The maximum atomic E-state index is 13.2. The van der Waals surface area contributed by atoms with Crippen LogP contribution in [-0.2, 0) is 6.61 Å². The molecule has 0 radical (unpaired) electrons. The number of nitrogens with zero attached hydrogens (tertiary/aromatic N) is 2. The van der Waals surface area contributed by atoms with Crippen molar-refractivity contribution in [3.05, 3.63) is 89.9 Å². The highest BCUT2D eigenvalue weighted by atomic mass is 19.3. The van der Waals surface area contributed by atoms with E-state index in [9.17, 15) is 22.7 Å².